The number of carbonyl (C=O) groups excluding carboxylic acids is 2. The highest BCUT2D eigenvalue weighted by Gasteiger charge is 2.38. The predicted octanol–water partition coefficient (Wildman–Crippen LogP) is 4.68. The van der Waals surface area contributed by atoms with Crippen LogP contribution in [-0.2, 0) is 19.1 Å². The molecule has 14 nitrogen and oxygen atoms in total. The average Bonchev–Trinajstić information content (AvgIpc) is 3.64. The van der Waals surface area contributed by atoms with Gasteiger partial charge in [-0.15, -0.1) is 10.2 Å². The van der Waals surface area contributed by atoms with Crippen LogP contribution in [0.2, 0.25) is 0 Å². The maximum absolute atomic E-state index is 14.9. The number of methoxy groups -OCH3 is 3. The molecule has 2 amide bonds. The van der Waals surface area contributed by atoms with Gasteiger partial charge in [0.1, 0.15) is 29.8 Å². The summed E-state index contributed by atoms with van der Waals surface area (Å²) in [5.74, 6) is 1.32. The average molecular weight is 791 g/mol. The molecule has 2 N–H and O–H groups in total. The third-order valence-corrected chi connectivity index (χ3v) is 11.1. The lowest BCUT2D eigenvalue weighted by molar-refractivity contribution is -0.139. The van der Waals surface area contributed by atoms with Crippen LogP contribution in [0.5, 0.6) is 11.5 Å². The van der Waals surface area contributed by atoms with Crippen LogP contribution < -0.4 is 9.47 Å². The minimum atomic E-state index is -1.29. The lowest BCUT2D eigenvalue weighted by atomic mass is 9.82. The second-order valence-corrected chi connectivity index (χ2v) is 15.1. The number of hydrogen-bond donors (Lipinski definition) is 2. The smallest absolute Gasteiger partial charge is 0.233 e. The Balaban J connectivity index is 1.56. The van der Waals surface area contributed by atoms with Crippen molar-refractivity contribution >= 4 is 23.6 Å². The van der Waals surface area contributed by atoms with Crippen molar-refractivity contribution in [2.45, 2.75) is 63.1 Å². The molecule has 1 saturated heterocycles. The van der Waals surface area contributed by atoms with Crippen LogP contribution in [0.15, 0.2) is 78.2 Å². The number of rotatable bonds is 10. The summed E-state index contributed by atoms with van der Waals surface area (Å²) < 4.78 is 24.5. The van der Waals surface area contributed by atoms with Crippen LogP contribution in [0.1, 0.15) is 45.2 Å². The van der Waals surface area contributed by atoms with Crippen LogP contribution in [0.25, 0.3) is 17.1 Å². The van der Waals surface area contributed by atoms with Crippen molar-refractivity contribution in [1.82, 2.24) is 29.5 Å². The molecule has 3 heterocycles. The van der Waals surface area contributed by atoms with E-state index in [9.17, 15) is 19.8 Å². The van der Waals surface area contributed by atoms with Crippen molar-refractivity contribution in [1.29, 1.82) is 0 Å². The van der Waals surface area contributed by atoms with E-state index in [4.69, 9.17) is 18.9 Å². The van der Waals surface area contributed by atoms with Crippen LogP contribution in [0.3, 0.4) is 0 Å². The summed E-state index contributed by atoms with van der Waals surface area (Å²) in [5.41, 5.74) is 2.45. The van der Waals surface area contributed by atoms with E-state index in [-0.39, 0.29) is 49.1 Å². The minimum Gasteiger partial charge on any atom is -0.497 e. The zero-order valence-corrected chi connectivity index (χ0v) is 33.8. The van der Waals surface area contributed by atoms with E-state index < -0.39 is 24.4 Å². The van der Waals surface area contributed by atoms with E-state index in [1.807, 2.05) is 70.1 Å². The Morgan fingerprint density at radius 3 is 2.34 bits per heavy atom. The number of aliphatic hydroxyl groups excluding tert-OH is 2. The molecule has 0 saturated carbocycles. The van der Waals surface area contributed by atoms with Gasteiger partial charge in [-0.05, 0) is 60.7 Å². The highest BCUT2D eigenvalue weighted by Crippen LogP contribution is 2.38. The molecule has 302 valence electrons. The molecule has 5 rings (SSSR count). The van der Waals surface area contributed by atoms with Gasteiger partial charge >= 0.3 is 0 Å². The number of thioether (sulfide) groups is 1. The SMILES string of the molecule is COc1cccc([C@@H]2[C@@H](C(C)C)CN(C(C)=O)C[C@H](OC)[C@@H](O)[C@@H](O)COCCCCN2C(=O)CSc2nnc(-c3ccncc3)n2-c2cccc(OC)c2)c1. The standard InChI is InChI=1S/C41H54N6O8S/c1-27(2)34-23-45(28(3)48)24-36(54-6)39(51)35(49)25-55-20-8-7-19-46(38(34)30-11-9-13-32(21-30)52-4)37(50)26-56-41-44-43-40(29-15-17-42-18-16-29)47(41)31-12-10-14-33(22-31)53-5/h9-18,21-22,27,34-36,38-39,49,51H,7-8,19-20,23-26H2,1-6H3/t34-,35+,36+,38-,39+/m1/s1. The first-order chi connectivity index (χ1) is 27.1. The fraction of sp³-hybridized carbons (Fsp3) is 0.488. The number of benzene rings is 2. The highest BCUT2D eigenvalue weighted by molar-refractivity contribution is 7.99. The molecule has 0 bridgehead atoms. The molecule has 0 unspecified atom stereocenters. The number of amides is 2. The van der Waals surface area contributed by atoms with Crippen molar-refractivity contribution in [2.75, 3.05) is 59.9 Å². The molecule has 15 heteroatoms. The van der Waals surface area contributed by atoms with E-state index in [0.29, 0.717) is 48.5 Å². The molecule has 2 aromatic carbocycles. The molecule has 2 aromatic heterocycles. The van der Waals surface area contributed by atoms with E-state index in [1.165, 1.54) is 25.8 Å². The first-order valence-corrected chi connectivity index (χ1v) is 19.8. The Kier molecular flexibility index (Phi) is 15.7. The summed E-state index contributed by atoms with van der Waals surface area (Å²) in [6.07, 6.45) is 1.22. The molecule has 1 aliphatic rings. The van der Waals surface area contributed by atoms with E-state index >= 15 is 0 Å². The molecule has 0 aliphatic carbocycles. The lowest BCUT2D eigenvalue weighted by Gasteiger charge is -2.42. The number of nitrogens with zero attached hydrogens (tertiary/aromatic N) is 6. The summed E-state index contributed by atoms with van der Waals surface area (Å²) in [4.78, 5) is 35.9. The zero-order chi connectivity index (χ0) is 40.2. The van der Waals surface area contributed by atoms with Crippen molar-refractivity contribution in [3.8, 4) is 28.6 Å². The second kappa shape index (κ2) is 20.6. The summed E-state index contributed by atoms with van der Waals surface area (Å²) >= 11 is 1.29. The van der Waals surface area contributed by atoms with E-state index in [1.54, 1.807) is 31.5 Å². The Labute approximate surface area is 333 Å². The Hall–Kier alpha value is -4.54. The number of carbonyl (C=O) groups is 2. The summed E-state index contributed by atoms with van der Waals surface area (Å²) in [5, 5.41) is 31.4. The molecular formula is C41H54N6O8S. The summed E-state index contributed by atoms with van der Waals surface area (Å²) in [6.45, 7) is 6.53. The molecule has 0 radical (unpaired) electrons. The topological polar surface area (TPSA) is 162 Å². The maximum atomic E-state index is 14.9. The fourth-order valence-corrected chi connectivity index (χ4v) is 7.82. The molecule has 1 aliphatic heterocycles. The van der Waals surface area contributed by atoms with Crippen LogP contribution >= 0.6 is 11.8 Å². The van der Waals surface area contributed by atoms with Crippen LogP contribution in [-0.4, -0.2) is 130 Å². The third kappa shape index (κ3) is 10.6. The first-order valence-electron chi connectivity index (χ1n) is 18.8. The maximum Gasteiger partial charge on any atom is 0.233 e. The van der Waals surface area contributed by atoms with Gasteiger partial charge in [-0.3, -0.25) is 19.1 Å². The number of pyridine rings is 1. The van der Waals surface area contributed by atoms with Gasteiger partial charge in [-0.25, -0.2) is 0 Å². The largest absolute Gasteiger partial charge is 0.497 e. The van der Waals surface area contributed by atoms with Crippen molar-refractivity contribution in [3.63, 3.8) is 0 Å². The Morgan fingerprint density at radius 1 is 0.946 bits per heavy atom. The number of aromatic nitrogens is 4. The van der Waals surface area contributed by atoms with Gasteiger partial charge < -0.3 is 39.0 Å². The molecule has 56 heavy (non-hydrogen) atoms. The molecule has 0 spiro atoms. The number of aliphatic hydroxyl groups is 2. The predicted molar refractivity (Wildman–Crippen MR) is 213 cm³/mol. The van der Waals surface area contributed by atoms with E-state index in [0.717, 1.165) is 16.8 Å². The van der Waals surface area contributed by atoms with Gasteiger partial charge in [0.25, 0.3) is 0 Å². The van der Waals surface area contributed by atoms with Gasteiger partial charge in [-0.2, -0.15) is 0 Å². The quantitative estimate of drug-likeness (QED) is 0.214. The summed E-state index contributed by atoms with van der Waals surface area (Å²) in [6, 6.07) is 18.5. The van der Waals surface area contributed by atoms with Gasteiger partial charge in [0.05, 0.1) is 38.3 Å². The van der Waals surface area contributed by atoms with Gasteiger partial charge in [0.15, 0.2) is 11.0 Å². The zero-order valence-electron chi connectivity index (χ0n) is 33.0. The Morgan fingerprint density at radius 2 is 1.66 bits per heavy atom. The van der Waals surface area contributed by atoms with Gasteiger partial charge in [-0.1, -0.05) is 43.8 Å². The van der Waals surface area contributed by atoms with Crippen molar-refractivity contribution in [2.24, 2.45) is 11.8 Å². The van der Waals surface area contributed by atoms with Crippen molar-refractivity contribution in [3.05, 3.63) is 78.6 Å². The Bertz CT molecular complexity index is 1860. The monoisotopic (exact) mass is 790 g/mol. The highest BCUT2D eigenvalue weighted by atomic mass is 32.2. The number of hydrogen-bond acceptors (Lipinski definition) is 12. The second-order valence-electron chi connectivity index (χ2n) is 14.1. The third-order valence-electron chi connectivity index (χ3n) is 10.1. The van der Waals surface area contributed by atoms with Gasteiger partial charge in [0.2, 0.25) is 11.8 Å². The van der Waals surface area contributed by atoms with E-state index in [2.05, 4.69) is 29.0 Å². The molecule has 4 aromatic rings. The normalized spacial score (nSPS) is 21.6. The lowest BCUT2D eigenvalue weighted by Crippen LogP contribution is -2.51. The van der Waals surface area contributed by atoms with Crippen molar-refractivity contribution < 1.29 is 38.7 Å². The molecule has 5 atom stereocenters. The van der Waals surface area contributed by atoms with Crippen LogP contribution in [0, 0.1) is 11.8 Å². The number of ether oxygens (including phenoxy) is 4. The molecule has 1 fully saturated rings. The first kappa shape index (κ1) is 42.6. The fourth-order valence-electron chi connectivity index (χ4n) is 6.98. The molecular weight excluding hydrogens is 737 g/mol. The minimum absolute atomic E-state index is 0.00869. The van der Waals surface area contributed by atoms with Gasteiger partial charge in [0, 0.05) is 70.2 Å². The van der Waals surface area contributed by atoms with Crippen LogP contribution in [0.4, 0.5) is 0 Å². The summed E-state index contributed by atoms with van der Waals surface area (Å²) in [7, 11) is 4.66.